The molecule has 11 nitrogen and oxygen atoms in total. The number of benzene rings is 3. The molecule has 2 unspecified atom stereocenters. The van der Waals surface area contributed by atoms with Gasteiger partial charge in [-0.25, -0.2) is 18.0 Å². The number of methoxy groups -OCH3 is 1. The average Bonchev–Trinajstić information content (AvgIpc) is 3.86. The van der Waals surface area contributed by atoms with E-state index < -0.39 is 49.2 Å². The monoisotopic (exact) mass is 961 g/mol. The molecule has 0 radical (unpaired) electrons. The molecule has 16 heteroatoms. The van der Waals surface area contributed by atoms with Gasteiger partial charge in [0.05, 0.1) is 39.6 Å². The van der Waals surface area contributed by atoms with E-state index in [1.807, 2.05) is 25.7 Å². The van der Waals surface area contributed by atoms with Gasteiger partial charge in [0.15, 0.2) is 18.4 Å². The molecule has 0 N–H and O–H groups in total. The number of amides is 1. The van der Waals surface area contributed by atoms with Crippen molar-refractivity contribution in [3.05, 3.63) is 46.5 Å². The predicted octanol–water partition coefficient (Wildman–Crippen LogP) is 11.2. The van der Waals surface area contributed by atoms with E-state index >= 15 is 8.78 Å². The van der Waals surface area contributed by atoms with Crippen molar-refractivity contribution >= 4 is 53.3 Å². The van der Waals surface area contributed by atoms with Crippen LogP contribution in [0.1, 0.15) is 100.0 Å². The van der Waals surface area contributed by atoms with Gasteiger partial charge < -0.3 is 28.6 Å². The van der Waals surface area contributed by atoms with E-state index in [4.69, 9.17) is 45.3 Å². The van der Waals surface area contributed by atoms with Crippen LogP contribution in [0.25, 0.3) is 32.8 Å². The maximum absolute atomic E-state index is 18.4. The molecule has 0 saturated carbocycles. The van der Waals surface area contributed by atoms with E-state index in [2.05, 4.69) is 62.8 Å². The summed E-state index contributed by atoms with van der Waals surface area (Å²) in [5.41, 5.74) is 3.40. The average molecular weight is 963 g/mol. The highest BCUT2D eigenvalue weighted by atomic mass is 35.5. The zero-order valence-corrected chi connectivity index (χ0v) is 42.1. The summed E-state index contributed by atoms with van der Waals surface area (Å²) in [7, 11) is -0.886. The van der Waals surface area contributed by atoms with Crippen LogP contribution in [0.2, 0.25) is 21.6 Å². The lowest BCUT2D eigenvalue weighted by molar-refractivity contribution is 0.00544. The maximum Gasteiger partial charge on any atom is 0.410 e. The van der Waals surface area contributed by atoms with Crippen molar-refractivity contribution in [2.24, 2.45) is 0 Å². The fourth-order valence-corrected chi connectivity index (χ4v) is 17.9. The third-order valence-corrected chi connectivity index (χ3v) is 21.8. The van der Waals surface area contributed by atoms with Gasteiger partial charge in [-0.3, -0.25) is 9.80 Å². The third-order valence-electron chi connectivity index (χ3n) is 15.2. The Balaban J connectivity index is 1.27. The minimum absolute atomic E-state index is 0.0640. The summed E-state index contributed by atoms with van der Waals surface area (Å²) in [6.45, 7) is 20.2. The van der Waals surface area contributed by atoms with Crippen molar-refractivity contribution in [1.82, 2.24) is 19.8 Å². The second-order valence-corrected chi connectivity index (χ2v) is 27.1. The molecule has 5 aliphatic rings. The Bertz CT molecular complexity index is 2650. The number of rotatable bonds is 10. The van der Waals surface area contributed by atoms with Crippen molar-refractivity contribution in [2.45, 2.75) is 146 Å². The number of halogens is 4. The molecule has 5 aliphatic heterocycles. The van der Waals surface area contributed by atoms with Gasteiger partial charge in [0, 0.05) is 37.6 Å². The Morgan fingerprint density at radius 1 is 1.01 bits per heavy atom. The van der Waals surface area contributed by atoms with Crippen LogP contribution >= 0.6 is 11.6 Å². The number of hydrogen-bond donors (Lipinski definition) is 0. The molecule has 3 aromatic carbocycles. The Morgan fingerprint density at radius 2 is 1.76 bits per heavy atom. The molecule has 5 atom stereocenters. The smallest absolute Gasteiger partial charge is 0.410 e. The summed E-state index contributed by atoms with van der Waals surface area (Å²) >= 11 is 7.53. The highest BCUT2D eigenvalue weighted by Gasteiger charge is 2.53. The zero-order valence-electron chi connectivity index (χ0n) is 40.3. The van der Waals surface area contributed by atoms with E-state index in [9.17, 15) is 9.18 Å². The number of carbonyl (C=O) groups excluding carboxylic acids is 1. The lowest BCUT2D eigenvalue weighted by Crippen LogP contribution is -2.63. The Morgan fingerprint density at radius 3 is 2.46 bits per heavy atom. The molecule has 0 aliphatic carbocycles. The molecule has 4 saturated heterocycles. The van der Waals surface area contributed by atoms with E-state index in [1.165, 1.54) is 13.2 Å². The number of hydrogen-bond acceptors (Lipinski definition) is 10. The molecule has 1 aromatic heterocycles. The van der Waals surface area contributed by atoms with E-state index in [1.54, 1.807) is 18.2 Å². The molecule has 4 aromatic rings. The van der Waals surface area contributed by atoms with Crippen molar-refractivity contribution < 1.29 is 41.7 Å². The van der Waals surface area contributed by atoms with Crippen LogP contribution in [0, 0.1) is 23.1 Å². The van der Waals surface area contributed by atoms with Gasteiger partial charge in [-0.2, -0.15) is 9.97 Å². The van der Waals surface area contributed by atoms with E-state index in [0.29, 0.717) is 48.3 Å². The predicted molar refractivity (Wildman–Crippen MR) is 258 cm³/mol. The van der Waals surface area contributed by atoms with Gasteiger partial charge in [0.1, 0.15) is 56.0 Å². The molecule has 2 bridgehead atoms. The number of alkyl halides is 1. The summed E-state index contributed by atoms with van der Waals surface area (Å²) < 4.78 is 80.4. The van der Waals surface area contributed by atoms with Crippen molar-refractivity contribution in [3.63, 3.8) is 0 Å². The van der Waals surface area contributed by atoms with Crippen molar-refractivity contribution in [3.8, 4) is 40.1 Å². The Hall–Kier alpha value is -4.49. The molecule has 6 heterocycles. The highest BCUT2D eigenvalue weighted by Crippen LogP contribution is 2.52. The van der Waals surface area contributed by atoms with Gasteiger partial charge in [-0.1, -0.05) is 65.1 Å². The number of piperazine rings is 1. The highest BCUT2D eigenvalue weighted by molar-refractivity contribution is 6.90. The molecule has 67 heavy (non-hydrogen) atoms. The summed E-state index contributed by atoms with van der Waals surface area (Å²) in [4.78, 5) is 29.7. The van der Waals surface area contributed by atoms with Crippen molar-refractivity contribution in [2.75, 3.05) is 51.7 Å². The van der Waals surface area contributed by atoms with Gasteiger partial charge in [-0.15, -0.1) is 5.54 Å². The summed E-state index contributed by atoms with van der Waals surface area (Å²) in [6.07, 6.45) is 2.01. The Kier molecular flexibility index (Phi) is 12.6. The van der Waals surface area contributed by atoms with Crippen LogP contribution in [-0.4, -0.2) is 116 Å². The van der Waals surface area contributed by atoms with Crippen molar-refractivity contribution in [1.29, 1.82) is 0 Å². The lowest BCUT2D eigenvalue weighted by atomic mass is 9.92. The third kappa shape index (κ3) is 8.15. The molecule has 4 fully saturated rings. The fraction of sp³-hybridized carbons (Fsp3) is 0.588. The summed E-state index contributed by atoms with van der Waals surface area (Å²) in [5.74, 6) is 2.83. The minimum Gasteiger partial charge on any atom is -0.489 e. The number of nitrogens with zero attached hydrogens (tertiary/aromatic N) is 5. The SMILES string of the molecule is COCOc1cc(-c2c(Cl)c3c4c(nc(OC[C@@]56CCCN5C[C@H](F)C6)nc4c2F)N2CC4CCC([C@H]2CO3)N4C(=O)OC(C)(C)C)c2c(C#C[Si](C(C)C)(C(C)C)C(C)C)c(F)ccc2c1. The first kappa shape index (κ1) is 47.6. The zero-order chi connectivity index (χ0) is 47.9. The van der Waals surface area contributed by atoms with Gasteiger partial charge >= 0.3 is 12.1 Å². The number of fused-ring (bicyclic) bond motifs is 7. The molecular weight excluding hydrogens is 899 g/mol. The number of ether oxygens (including phenoxy) is 5. The lowest BCUT2D eigenvalue weighted by Gasteiger charge is -2.46. The Labute approximate surface area is 397 Å². The number of aromatic nitrogens is 2. The van der Waals surface area contributed by atoms with Crippen LogP contribution < -0.4 is 19.1 Å². The largest absolute Gasteiger partial charge is 0.489 e. The molecule has 1 amide bonds. The van der Waals surface area contributed by atoms with Gasteiger partial charge in [-0.05, 0) is 98.8 Å². The summed E-state index contributed by atoms with van der Waals surface area (Å²) in [5, 5.41) is 1.09. The van der Waals surface area contributed by atoms with Crippen LogP contribution in [-0.2, 0) is 9.47 Å². The quantitative estimate of drug-likeness (QED) is 0.0868. The van der Waals surface area contributed by atoms with Crippen LogP contribution in [0.5, 0.6) is 17.5 Å². The number of carbonyl (C=O) groups is 1. The molecule has 360 valence electrons. The molecule has 9 rings (SSSR count). The van der Waals surface area contributed by atoms with E-state index in [0.717, 1.165) is 25.8 Å². The van der Waals surface area contributed by atoms with Gasteiger partial charge in [0.2, 0.25) is 0 Å². The first-order valence-corrected chi connectivity index (χ1v) is 26.5. The second kappa shape index (κ2) is 17.8. The second-order valence-electron chi connectivity index (χ2n) is 21.2. The molecular formula is C51H63ClF3N5O6Si. The van der Waals surface area contributed by atoms with Crippen LogP contribution in [0.15, 0.2) is 24.3 Å². The van der Waals surface area contributed by atoms with E-state index in [-0.39, 0.29) is 93.1 Å². The van der Waals surface area contributed by atoms with Crippen LogP contribution in [0.4, 0.5) is 23.8 Å². The first-order chi connectivity index (χ1) is 31.8. The minimum atomic E-state index is -2.39. The topological polar surface area (TPSA) is 98.7 Å². The maximum atomic E-state index is 18.4. The first-order valence-electron chi connectivity index (χ1n) is 23.9. The summed E-state index contributed by atoms with van der Waals surface area (Å²) in [6, 6.07) is 5.32. The standard InChI is InChI=1S/C51H63ClF3N5O6Si/c1-28(2)67(29(3)4,30(5)6)19-16-35-37(54)14-12-31-20-34(65-27-62-10)21-36(40(31)35)41-43(52)46-42-45(44(41)55)56-48(64-26-51-17-11-18-58(51)23-32(53)22-51)57-47(42)59-24-33-13-15-38(39(59)25-63-46)60(33)49(61)66-50(7,8)9/h12,14,20-21,28-30,32-33,38-39H,11,13,15,17-18,22-27H2,1-10H3/t32-,33?,38?,39-,51+/m1/s1. The number of anilines is 1. The van der Waals surface area contributed by atoms with Gasteiger partial charge in [0.25, 0.3) is 0 Å². The fourth-order valence-electron chi connectivity index (χ4n) is 12.3. The normalized spacial score (nSPS) is 23.7. The van der Waals surface area contributed by atoms with Crippen LogP contribution in [0.3, 0.4) is 0 Å². The molecule has 0 spiro atoms.